The van der Waals surface area contributed by atoms with Crippen LogP contribution < -0.4 is 0 Å². The van der Waals surface area contributed by atoms with Gasteiger partial charge in [-0.15, -0.1) is 0 Å². The first kappa shape index (κ1) is 24.7. The molecule has 0 bridgehead atoms. The van der Waals surface area contributed by atoms with Gasteiger partial charge in [-0.3, -0.25) is 0 Å². The summed E-state index contributed by atoms with van der Waals surface area (Å²) < 4.78 is 0. The maximum absolute atomic E-state index is 2.69. The van der Waals surface area contributed by atoms with E-state index in [2.05, 4.69) is 84.4 Å². The average molecular weight is 406 g/mol. The number of aryl methyl sites for hydroxylation is 4. The predicted octanol–water partition coefficient (Wildman–Crippen LogP) is 8.68. The van der Waals surface area contributed by atoms with Crippen LogP contribution in [0.4, 0.5) is 0 Å². The summed E-state index contributed by atoms with van der Waals surface area (Å²) in [6, 6.07) is 14.5. The van der Waals surface area contributed by atoms with Gasteiger partial charge in [-0.2, -0.15) is 0 Å². The molecule has 0 amide bonds. The first-order chi connectivity index (χ1) is 14.6. The predicted molar refractivity (Wildman–Crippen MR) is 134 cm³/mol. The fraction of sp³-hybridized carbons (Fsp3) is 0.567. The second kappa shape index (κ2) is 13.0. The Hall–Kier alpha value is -1.56. The van der Waals surface area contributed by atoms with E-state index in [9.17, 15) is 0 Å². The molecule has 30 heavy (non-hydrogen) atoms. The molecule has 0 nitrogen and oxygen atoms in total. The van der Waals surface area contributed by atoms with Crippen molar-refractivity contribution < 1.29 is 0 Å². The van der Waals surface area contributed by atoms with E-state index in [1.807, 2.05) is 0 Å². The van der Waals surface area contributed by atoms with Gasteiger partial charge in [-0.25, -0.2) is 0 Å². The van der Waals surface area contributed by atoms with Gasteiger partial charge in [-0.1, -0.05) is 97.2 Å². The van der Waals surface area contributed by atoms with Crippen LogP contribution in [-0.4, -0.2) is 0 Å². The van der Waals surface area contributed by atoms with Crippen molar-refractivity contribution in [2.75, 3.05) is 0 Å². The second-order valence-corrected chi connectivity index (χ2v) is 8.86. The number of rotatable bonds is 13. The van der Waals surface area contributed by atoms with Crippen molar-refractivity contribution >= 4 is 0 Å². The Bertz CT molecular complexity index is 755. The van der Waals surface area contributed by atoms with Crippen molar-refractivity contribution in [3.05, 3.63) is 76.2 Å². The molecule has 0 saturated carbocycles. The first-order valence-corrected chi connectivity index (χ1v) is 12.7. The molecule has 0 aliphatic heterocycles. The standard InChI is InChI=1S/C30H45/c1-7-13-14-29(30-18-17-26(10-4)28(12-6)22-30)20-23(8-2)19-24-15-16-25(9-3)27(11-5)21-24/h15-18,20-23,29H,7-14,19H2,1-6H3. The highest BCUT2D eigenvalue weighted by atomic mass is 14.2. The normalized spacial score (nSPS) is 13.4. The molecule has 0 saturated heterocycles. The van der Waals surface area contributed by atoms with E-state index in [-0.39, 0.29) is 0 Å². The number of benzene rings is 2. The van der Waals surface area contributed by atoms with E-state index in [4.69, 9.17) is 0 Å². The van der Waals surface area contributed by atoms with Crippen molar-refractivity contribution in [2.45, 2.75) is 105 Å². The molecule has 2 aromatic rings. The summed E-state index contributed by atoms with van der Waals surface area (Å²) in [4.78, 5) is 0. The summed E-state index contributed by atoms with van der Waals surface area (Å²) in [5.74, 6) is 1.21. The quantitative estimate of drug-likeness (QED) is 0.312. The fourth-order valence-corrected chi connectivity index (χ4v) is 4.81. The van der Waals surface area contributed by atoms with Gasteiger partial charge >= 0.3 is 0 Å². The lowest BCUT2D eigenvalue weighted by Crippen LogP contribution is -2.12. The monoisotopic (exact) mass is 405 g/mol. The Kier molecular flexibility index (Phi) is 10.7. The molecule has 0 aliphatic carbocycles. The highest BCUT2D eigenvalue weighted by Crippen LogP contribution is 2.32. The molecule has 165 valence electrons. The van der Waals surface area contributed by atoms with Gasteiger partial charge in [0.05, 0.1) is 0 Å². The van der Waals surface area contributed by atoms with E-state index in [0.717, 1.165) is 25.7 Å². The Morgan fingerprint density at radius 3 is 1.87 bits per heavy atom. The number of hydrogen-bond acceptors (Lipinski definition) is 0. The molecule has 0 spiro atoms. The lowest BCUT2D eigenvalue weighted by Gasteiger charge is -2.24. The van der Waals surface area contributed by atoms with Crippen molar-refractivity contribution in [3.63, 3.8) is 0 Å². The molecule has 0 aliphatic rings. The minimum atomic E-state index is 0.576. The van der Waals surface area contributed by atoms with Gasteiger partial charge in [0.2, 0.25) is 0 Å². The zero-order valence-electron chi connectivity index (χ0n) is 20.6. The Morgan fingerprint density at radius 1 is 0.700 bits per heavy atom. The molecule has 2 rings (SSSR count). The molecular weight excluding hydrogens is 360 g/mol. The molecule has 0 N–H and O–H groups in total. The third kappa shape index (κ3) is 6.73. The van der Waals surface area contributed by atoms with Gasteiger partial charge < -0.3 is 0 Å². The van der Waals surface area contributed by atoms with Gasteiger partial charge in [0, 0.05) is 0 Å². The summed E-state index contributed by atoms with van der Waals surface area (Å²) >= 11 is 0. The van der Waals surface area contributed by atoms with Gasteiger partial charge in [0.25, 0.3) is 0 Å². The van der Waals surface area contributed by atoms with Crippen LogP contribution in [0.5, 0.6) is 0 Å². The molecule has 0 heterocycles. The van der Waals surface area contributed by atoms with Crippen molar-refractivity contribution in [2.24, 2.45) is 5.92 Å². The van der Waals surface area contributed by atoms with Gasteiger partial charge in [0.15, 0.2) is 0 Å². The summed E-state index contributed by atoms with van der Waals surface area (Å²) in [5.41, 5.74) is 9.16. The molecule has 1 radical (unpaired) electrons. The Morgan fingerprint density at radius 2 is 1.30 bits per heavy atom. The van der Waals surface area contributed by atoms with Crippen LogP contribution in [-0.2, 0) is 32.1 Å². The van der Waals surface area contributed by atoms with E-state index >= 15 is 0 Å². The highest BCUT2D eigenvalue weighted by molar-refractivity contribution is 5.36. The van der Waals surface area contributed by atoms with Crippen LogP contribution in [0.25, 0.3) is 0 Å². The fourth-order valence-electron chi connectivity index (χ4n) is 4.81. The molecule has 0 aromatic heterocycles. The van der Waals surface area contributed by atoms with E-state index < -0.39 is 0 Å². The smallest absolute Gasteiger partial charge is 0.0128 e. The number of unbranched alkanes of at least 4 members (excludes halogenated alkanes) is 1. The van der Waals surface area contributed by atoms with Crippen LogP contribution >= 0.6 is 0 Å². The summed E-state index contributed by atoms with van der Waals surface area (Å²) in [6.45, 7) is 13.8. The second-order valence-electron chi connectivity index (χ2n) is 8.86. The Balaban J connectivity index is 2.21. The molecule has 0 heteroatoms. The third-order valence-electron chi connectivity index (χ3n) is 6.85. The molecule has 2 unspecified atom stereocenters. The zero-order chi connectivity index (χ0) is 21.9. The van der Waals surface area contributed by atoms with Crippen LogP contribution in [0, 0.1) is 12.3 Å². The third-order valence-corrected chi connectivity index (χ3v) is 6.85. The number of hydrogen-bond donors (Lipinski definition) is 0. The SMILES string of the molecule is CCCCC([CH]C(CC)Cc1ccc(CC)c(CC)c1)c1ccc(CC)c(CC)c1. The van der Waals surface area contributed by atoms with Crippen LogP contribution in [0.2, 0.25) is 0 Å². The minimum absolute atomic E-state index is 0.576. The molecule has 2 atom stereocenters. The largest absolute Gasteiger partial charge is 0.0654 e. The average Bonchev–Trinajstić information content (AvgIpc) is 2.80. The van der Waals surface area contributed by atoms with E-state index in [1.165, 1.54) is 59.9 Å². The van der Waals surface area contributed by atoms with Crippen LogP contribution in [0.1, 0.15) is 107 Å². The summed E-state index contributed by atoms with van der Waals surface area (Å²) in [7, 11) is 0. The minimum Gasteiger partial charge on any atom is -0.0654 e. The van der Waals surface area contributed by atoms with Crippen molar-refractivity contribution in [1.82, 2.24) is 0 Å². The maximum atomic E-state index is 2.69. The van der Waals surface area contributed by atoms with Crippen molar-refractivity contribution in [1.29, 1.82) is 0 Å². The lowest BCUT2D eigenvalue weighted by molar-refractivity contribution is 0.505. The maximum Gasteiger partial charge on any atom is -0.0128 e. The Labute approximate surface area is 187 Å². The molecule has 0 fully saturated rings. The van der Waals surface area contributed by atoms with Gasteiger partial charge in [-0.05, 0) is 90.2 Å². The topological polar surface area (TPSA) is 0 Å². The molecule has 2 aromatic carbocycles. The highest BCUT2D eigenvalue weighted by Gasteiger charge is 2.19. The molecular formula is C30H45. The van der Waals surface area contributed by atoms with Crippen LogP contribution in [0.3, 0.4) is 0 Å². The first-order valence-electron chi connectivity index (χ1n) is 12.7. The summed E-state index contributed by atoms with van der Waals surface area (Å²) in [6.07, 6.45) is 13.5. The van der Waals surface area contributed by atoms with Crippen LogP contribution in [0.15, 0.2) is 36.4 Å². The van der Waals surface area contributed by atoms with E-state index in [1.54, 1.807) is 5.56 Å². The lowest BCUT2D eigenvalue weighted by atomic mass is 9.80. The van der Waals surface area contributed by atoms with Crippen molar-refractivity contribution in [3.8, 4) is 0 Å². The van der Waals surface area contributed by atoms with Gasteiger partial charge in [0.1, 0.15) is 0 Å². The zero-order valence-corrected chi connectivity index (χ0v) is 20.6. The van der Waals surface area contributed by atoms with E-state index in [0.29, 0.717) is 11.8 Å². The summed E-state index contributed by atoms with van der Waals surface area (Å²) in [5, 5.41) is 0.